The highest BCUT2D eigenvalue weighted by atomic mass is 16.5. The molecular formula is C10H15N5O3. The van der Waals surface area contributed by atoms with Crippen LogP contribution in [0.15, 0.2) is 4.79 Å². The second-order valence-corrected chi connectivity index (χ2v) is 4.31. The summed E-state index contributed by atoms with van der Waals surface area (Å²) < 4.78 is 5.49. The van der Waals surface area contributed by atoms with Crippen LogP contribution in [0.2, 0.25) is 0 Å². The van der Waals surface area contributed by atoms with Crippen molar-refractivity contribution in [3.05, 3.63) is 16.0 Å². The van der Waals surface area contributed by atoms with E-state index in [1.165, 1.54) is 0 Å². The first-order valence-corrected chi connectivity index (χ1v) is 5.68. The molecule has 1 aliphatic heterocycles. The maximum Gasteiger partial charge on any atom is 0.274 e. The van der Waals surface area contributed by atoms with Gasteiger partial charge in [0.25, 0.3) is 5.56 Å². The van der Waals surface area contributed by atoms with Crippen LogP contribution in [0.25, 0.3) is 0 Å². The molecular weight excluding hydrogens is 238 g/mol. The number of aromatic nitrogens is 3. The average Bonchev–Trinajstić information content (AvgIpc) is 2.33. The van der Waals surface area contributed by atoms with Gasteiger partial charge in [0.15, 0.2) is 0 Å². The number of ether oxygens (including phenoxy) is 1. The SMILES string of the molecule is NC(=O)C1CCOC(Cc2nnc(N)[nH]c2=O)C1. The van der Waals surface area contributed by atoms with Crippen LogP contribution in [0, 0.1) is 5.92 Å². The van der Waals surface area contributed by atoms with Gasteiger partial charge in [-0.3, -0.25) is 14.6 Å². The van der Waals surface area contributed by atoms with Crippen LogP contribution >= 0.6 is 0 Å². The third-order valence-electron chi connectivity index (χ3n) is 2.97. The van der Waals surface area contributed by atoms with Crippen LogP contribution in [0.1, 0.15) is 18.5 Å². The Balaban J connectivity index is 2.05. The summed E-state index contributed by atoms with van der Waals surface area (Å²) in [5.41, 5.74) is 10.4. The van der Waals surface area contributed by atoms with Crippen molar-refractivity contribution >= 4 is 11.9 Å². The monoisotopic (exact) mass is 253 g/mol. The van der Waals surface area contributed by atoms with Gasteiger partial charge >= 0.3 is 0 Å². The Morgan fingerprint density at radius 3 is 2.94 bits per heavy atom. The molecule has 2 atom stereocenters. The summed E-state index contributed by atoms with van der Waals surface area (Å²) in [4.78, 5) is 25.0. The van der Waals surface area contributed by atoms with Crippen molar-refractivity contribution in [1.82, 2.24) is 15.2 Å². The first-order chi connectivity index (χ1) is 8.56. The fourth-order valence-corrected chi connectivity index (χ4v) is 2.00. The van der Waals surface area contributed by atoms with Gasteiger partial charge < -0.3 is 16.2 Å². The van der Waals surface area contributed by atoms with Crippen molar-refractivity contribution in [1.29, 1.82) is 0 Å². The number of nitrogens with one attached hydrogen (secondary N) is 1. The molecule has 8 nitrogen and oxygen atoms in total. The molecule has 18 heavy (non-hydrogen) atoms. The first kappa shape index (κ1) is 12.5. The molecule has 0 radical (unpaired) electrons. The lowest BCUT2D eigenvalue weighted by molar-refractivity contribution is -0.126. The zero-order chi connectivity index (χ0) is 13.1. The molecule has 0 spiro atoms. The Kier molecular flexibility index (Phi) is 3.56. The second-order valence-electron chi connectivity index (χ2n) is 4.31. The van der Waals surface area contributed by atoms with Gasteiger partial charge in [0.1, 0.15) is 5.69 Å². The zero-order valence-electron chi connectivity index (χ0n) is 9.76. The lowest BCUT2D eigenvalue weighted by atomic mass is 9.93. The molecule has 0 bridgehead atoms. The van der Waals surface area contributed by atoms with E-state index in [-0.39, 0.29) is 35.1 Å². The number of primary amides is 1. The Bertz CT molecular complexity index is 501. The minimum atomic E-state index is -0.382. The lowest BCUT2D eigenvalue weighted by Gasteiger charge is -2.27. The van der Waals surface area contributed by atoms with Crippen molar-refractivity contribution in [2.45, 2.75) is 25.4 Å². The largest absolute Gasteiger partial charge is 0.378 e. The minimum absolute atomic E-state index is 0.0247. The molecule has 1 aromatic heterocycles. The van der Waals surface area contributed by atoms with Crippen LogP contribution in [0.3, 0.4) is 0 Å². The number of hydrogen-bond donors (Lipinski definition) is 3. The minimum Gasteiger partial charge on any atom is -0.378 e. The number of nitrogen functional groups attached to an aromatic ring is 1. The number of hydrogen-bond acceptors (Lipinski definition) is 6. The summed E-state index contributed by atoms with van der Waals surface area (Å²) in [7, 11) is 0. The van der Waals surface area contributed by atoms with Crippen LogP contribution in [0.5, 0.6) is 0 Å². The molecule has 2 unspecified atom stereocenters. The fourth-order valence-electron chi connectivity index (χ4n) is 2.00. The first-order valence-electron chi connectivity index (χ1n) is 5.68. The number of amides is 1. The van der Waals surface area contributed by atoms with Crippen LogP contribution < -0.4 is 17.0 Å². The molecule has 0 aromatic carbocycles. The summed E-state index contributed by atoms with van der Waals surface area (Å²) in [6, 6.07) is 0. The maximum absolute atomic E-state index is 11.5. The number of H-pyrrole nitrogens is 1. The van der Waals surface area contributed by atoms with Gasteiger partial charge in [-0.25, -0.2) is 0 Å². The molecule has 1 aromatic rings. The predicted octanol–water partition coefficient (Wildman–Crippen LogP) is -1.43. The summed E-state index contributed by atoms with van der Waals surface area (Å²) >= 11 is 0. The third-order valence-corrected chi connectivity index (χ3v) is 2.97. The van der Waals surface area contributed by atoms with Crippen LogP contribution in [-0.2, 0) is 16.0 Å². The van der Waals surface area contributed by atoms with Gasteiger partial charge in [0, 0.05) is 18.9 Å². The van der Waals surface area contributed by atoms with Crippen molar-refractivity contribution in [2.75, 3.05) is 12.3 Å². The van der Waals surface area contributed by atoms with Gasteiger partial charge in [-0.1, -0.05) is 0 Å². The van der Waals surface area contributed by atoms with E-state index in [4.69, 9.17) is 16.2 Å². The molecule has 1 saturated heterocycles. The van der Waals surface area contributed by atoms with Gasteiger partial charge in [-0.15, -0.1) is 10.2 Å². The molecule has 2 rings (SSSR count). The van der Waals surface area contributed by atoms with Crippen molar-refractivity contribution in [2.24, 2.45) is 11.7 Å². The summed E-state index contributed by atoms with van der Waals surface area (Å²) in [6.07, 6.45) is 1.18. The van der Waals surface area contributed by atoms with E-state index in [0.717, 1.165) is 0 Å². The number of aromatic amines is 1. The van der Waals surface area contributed by atoms with E-state index in [2.05, 4.69) is 15.2 Å². The highest BCUT2D eigenvalue weighted by Gasteiger charge is 2.27. The van der Waals surface area contributed by atoms with E-state index in [9.17, 15) is 9.59 Å². The van der Waals surface area contributed by atoms with Crippen LogP contribution in [-0.4, -0.2) is 33.8 Å². The number of carbonyl (C=O) groups excluding carboxylic acids is 1. The molecule has 0 saturated carbocycles. The highest BCUT2D eigenvalue weighted by Crippen LogP contribution is 2.21. The number of nitrogens with two attached hydrogens (primary N) is 2. The second kappa shape index (κ2) is 5.13. The standard InChI is InChI=1S/C10H15N5O3/c11-8(16)5-1-2-18-6(3-5)4-7-9(17)13-10(12)15-14-7/h5-6H,1-4H2,(H2,11,16)(H3,12,13,15,17). The quantitative estimate of drug-likeness (QED) is 0.604. The summed E-state index contributed by atoms with van der Waals surface area (Å²) in [5, 5.41) is 7.31. The Labute approximate surface area is 103 Å². The number of nitrogens with zero attached hydrogens (tertiary/aromatic N) is 2. The van der Waals surface area contributed by atoms with E-state index < -0.39 is 0 Å². The number of anilines is 1. The zero-order valence-corrected chi connectivity index (χ0v) is 9.76. The number of rotatable bonds is 3. The molecule has 1 fully saturated rings. The molecule has 5 N–H and O–H groups in total. The molecule has 2 heterocycles. The Morgan fingerprint density at radius 2 is 2.28 bits per heavy atom. The topological polar surface area (TPSA) is 137 Å². The summed E-state index contributed by atoms with van der Waals surface area (Å²) in [5.74, 6) is -0.562. The normalized spacial score (nSPS) is 23.8. The van der Waals surface area contributed by atoms with Crippen molar-refractivity contribution in [3.8, 4) is 0 Å². The summed E-state index contributed by atoms with van der Waals surface area (Å²) in [6.45, 7) is 0.457. The van der Waals surface area contributed by atoms with Crippen molar-refractivity contribution < 1.29 is 9.53 Å². The smallest absolute Gasteiger partial charge is 0.274 e. The average molecular weight is 253 g/mol. The van der Waals surface area contributed by atoms with E-state index >= 15 is 0 Å². The van der Waals surface area contributed by atoms with Gasteiger partial charge in [0.2, 0.25) is 11.9 Å². The predicted molar refractivity (Wildman–Crippen MR) is 62.4 cm³/mol. The van der Waals surface area contributed by atoms with E-state index in [1.54, 1.807) is 0 Å². The van der Waals surface area contributed by atoms with Gasteiger partial charge in [0.05, 0.1) is 6.10 Å². The lowest BCUT2D eigenvalue weighted by Crippen LogP contribution is -2.36. The van der Waals surface area contributed by atoms with Crippen LogP contribution in [0.4, 0.5) is 5.95 Å². The van der Waals surface area contributed by atoms with Crippen molar-refractivity contribution in [3.63, 3.8) is 0 Å². The van der Waals surface area contributed by atoms with E-state index in [0.29, 0.717) is 25.9 Å². The fraction of sp³-hybridized carbons (Fsp3) is 0.600. The third kappa shape index (κ3) is 2.83. The number of carbonyl (C=O) groups is 1. The molecule has 8 heteroatoms. The highest BCUT2D eigenvalue weighted by molar-refractivity contribution is 5.76. The molecule has 0 aliphatic carbocycles. The van der Waals surface area contributed by atoms with Gasteiger partial charge in [-0.05, 0) is 12.8 Å². The molecule has 1 aliphatic rings. The molecule has 98 valence electrons. The Hall–Kier alpha value is -1.96. The van der Waals surface area contributed by atoms with Gasteiger partial charge in [-0.2, -0.15) is 0 Å². The Morgan fingerprint density at radius 1 is 1.50 bits per heavy atom. The van der Waals surface area contributed by atoms with E-state index in [1.807, 2.05) is 0 Å². The molecule has 1 amide bonds. The maximum atomic E-state index is 11.5.